The molecular formula is C16H13N3S. The molecule has 1 aromatic heterocycles. The number of rotatable bonds is 1. The fourth-order valence-electron chi connectivity index (χ4n) is 2.10. The highest BCUT2D eigenvalue weighted by molar-refractivity contribution is 7.15. The summed E-state index contributed by atoms with van der Waals surface area (Å²) >= 11 is 1.58. The van der Waals surface area contributed by atoms with E-state index in [1.54, 1.807) is 18.4 Å². The van der Waals surface area contributed by atoms with E-state index >= 15 is 0 Å². The molecule has 0 amide bonds. The Morgan fingerprint density at radius 3 is 2.85 bits per heavy atom. The summed E-state index contributed by atoms with van der Waals surface area (Å²) in [5, 5.41) is 3.31. The molecule has 0 spiro atoms. The summed E-state index contributed by atoms with van der Waals surface area (Å²) in [6.45, 7) is 0.549. The lowest BCUT2D eigenvalue weighted by Gasteiger charge is -2.04. The SMILES string of the molecule is C#Cc1cc2c(s1)C(c1ccccc1)=NCC(=NC)N2. The summed E-state index contributed by atoms with van der Waals surface area (Å²) in [5.74, 6) is 3.54. The zero-order valence-electron chi connectivity index (χ0n) is 11.1. The summed E-state index contributed by atoms with van der Waals surface area (Å²) in [6, 6.07) is 12.1. The first-order valence-corrected chi connectivity index (χ1v) is 7.07. The summed E-state index contributed by atoms with van der Waals surface area (Å²) in [5.41, 5.74) is 3.06. The molecular weight excluding hydrogens is 266 g/mol. The molecule has 0 radical (unpaired) electrons. The van der Waals surface area contributed by atoms with Crippen molar-refractivity contribution in [1.29, 1.82) is 0 Å². The Bertz CT molecular complexity index is 733. The van der Waals surface area contributed by atoms with Crippen LogP contribution < -0.4 is 5.32 Å². The highest BCUT2D eigenvalue weighted by Crippen LogP contribution is 2.31. The number of hydrogen-bond acceptors (Lipinski definition) is 3. The average Bonchev–Trinajstić information content (AvgIpc) is 2.82. The number of hydrogen-bond donors (Lipinski definition) is 1. The lowest BCUT2D eigenvalue weighted by atomic mass is 10.1. The summed E-state index contributed by atoms with van der Waals surface area (Å²) < 4.78 is 0. The number of terminal acetylenes is 1. The first-order chi connectivity index (χ1) is 9.81. The molecule has 1 aliphatic heterocycles. The standard InChI is InChI=1S/C16H13N3S/c1-3-12-9-13-16(20-12)15(11-7-5-4-6-8-11)18-10-14(17-2)19-13/h1,4-9H,10H2,2H3,(H,17,19). The highest BCUT2D eigenvalue weighted by Gasteiger charge is 2.19. The Labute approximate surface area is 122 Å². The number of thiophene rings is 1. The van der Waals surface area contributed by atoms with Gasteiger partial charge in [0.1, 0.15) is 5.84 Å². The molecule has 2 aromatic rings. The van der Waals surface area contributed by atoms with Gasteiger partial charge in [0.2, 0.25) is 0 Å². The van der Waals surface area contributed by atoms with Crippen molar-refractivity contribution in [3.63, 3.8) is 0 Å². The van der Waals surface area contributed by atoms with E-state index in [0.29, 0.717) is 6.54 Å². The van der Waals surface area contributed by atoms with E-state index in [4.69, 9.17) is 11.4 Å². The molecule has 1 N–H and O–H groups in total. The van der Waals surface area contributed by atoms with Crippen LogP contribution in [0.3, 0.4) is 0 Å². The molecule has 98 valence electrons. The molecule has 0 aliphatic carbocycles. The third kappa shape index (κ3) is 2.24. The van der Waals surface area contributed by atoms with Gasteiger partial charge in [-0.1, -0.05) is 36.3 Å². The smallest absolute Gasteiger partial charge is 0.122 e. The van der Waals surface area contributed by atoms with Crippen molar-refractivity contribution in [2.45, 2.75) is 0 Å². The monoisotopic (exact) mass is 279 g/mol. The second-order valence-electron chi connectivity index (χ2n) is 4.32. The fraction of sp³-hybridized carbons (Fsp3) is 0.125. The third-order valence-electron chi connectivity index (χ3n) is 3.07. The topological polar surface area (TPSA) is 36.8 Å². The van der Waals surface area contributed by atoms with Crippen LogP contribution in [-0.4, -0.2) is 25.1 Å². The molecule has 0 saturated heterocycles. The van der Waals surface area contributed by atoms with Crippen LogP contribution in [0.1, 0.15) is 15.3 Å². The van der Waals surface area contributed by atoms with Gasteiger partial charge in [0, 0.05) is 12.6 Å². The van der Waals surface area contributed by atoms with E-state index in [0.717, 1.165) is 32.6 Å². The van der Waals surface area contributed by atoms with Gasteiger partial charge in [0.25, 0.3) is 0 Å². The lowest BCUT2D eigenvalue weighted by molar-refractivity contribution is 1.26. The van der Waals surface area contributed by atoms with Gasteiger partial charge in [0.15, 0.2) is 0 Å². The van der Waals surface area contributed by atoms with Crippen LogP contribution in [-0.2, 0) is 0 Å². The number of anilines is 1. The number of aliphatic imine (C=N–C) groups is 2. The van der Waals surface area contributed by atoms with Gasteiger partial charge in [0.05, 0.1) is 27.7 Å². The molecule has 0 atom stereocenters. The zero-order chi connectivity index (χ0) is 13.9. The van der Waals surface area contributed by atoms with Crippen molar-refractivity contribution in [3.8, 4) is 12.3 Å². The van der Waals surface area contributed by atoms with Gasteiger partial charge in [-0.2, -0.15) is 0 Å². The third-order valence-corrected chi connectivity index (χ3v) is 4.15. The minimum atomic E-state index is 0.549. The molecule has 20 heavy (non-hydrogen) atoms. The van der Waals surface area contributed by atoms with Crippen LogP contribution in [0.2, 0.25) is 0 Å². The summed E-state index contributed by atoms with van der Waals surface area (Å²) in [6.07, 6.45) is 5.51. The Balaban J connectivity index is 2.17. The van der Waals surface area contributed by atoms with Crippen LogP contribution in [0.5, 0.6) is 0 Å². The van der Waals surface area contributed by atoms with E-state index in [1.807, 2.05) is 24.3 Å². The van der Waals surface area contributed by atoms with Crippen LogP contribution in [0.25, 0.3) is 0 Å². The minimum Gasteiger partial charge on any atom is -0.341 e. The van der Waals surface area contributed by atoms with Crippen molar-refractivity contribution in [2.75, 3.05) is 18.9 Å². The first-order valence-electron chi connectivity index (χ1n) is 6.25. The van der Waals surface area contributed by atoms with Crippen LogP contribution in [0.4, 0.5) is 5.69 Å². The van der Waals surface area contributed by atoms with Crippen molar-refractivity contribution >= 4 is 28.6 Å². The Morgan fingerprint density at radius 1 is 1.35 bits per heavy atom. The molecule has 1 aromatic carbocycles. The maximum absolute atomic E-state index is 5.51. The van der Waals surface area contributed by atoms with Gasteiger partial charge >= 0.3 is 0 Å². The summed E-state index contributed by atoms with van der Waals surface area (Å²) in [4.78, 5) is 10.9. The van der Waals surface area contributed by atoms with E-state index in [1.165, 1.54) is 0 Å². The van der Waals surface area contributed by atoms with Crippen molar-refractivity contribution in [3.05, 3.63) is 51.7 Å². The second kappa shape index (κ2) is 5.32. The second-order valence-corrected chi connectivity index (χ2v) is 5.38. The van der Waals surface area contributed by atoms with Crippen molar-refractivity contribution < 1.29 is 0 Å². The van der Waals surface area contributed by atoms with Gasteiger partial charge in [-0.25, -0.2) is 0 Å². The van der Waals surface area contributed by atoms with Gasteiger partial charge in [-0.3, -0.25) is 9.98 Å². The Hall–Kier alpha value is -2.38. The maximum atomic E-state index is 5.51. The van der Waals surface area contributed by atoms with E-state index in [-0.39, 0.29) is 0 Å². The molecule has 0 fully saturated rings. The van der Waals surface area contributed by atoms with E-state index in [2.05, 4.69) is 28.4 Å². The first kappa shape index (κ1) is 12.6. The van der Waals surface area contributed by atoms with Gasteiger partial charge in [-0.05, 0) is 6.07 Å². The van der Waals surface area contributed by atoms with E-state index < -0.39 is 0 Å². The number of fused-ring (bicyclic) bond motifs is 1. The lowest BCUT2D eigenvalue weighted by Crippen LogP contribution is -2.13. The van der Waals surface area contributed by atoms with Crippen LogP contribution in [0.15, 0.2) is 46.4 Å². The Morgan fingerprint density at radius 2 is 2.15 bits per heavy atom. The number of amidine groups is 1. The number of nitrogens with zero attached hydrogens (tertiary/aromatic N) is 2. The van der Waals surface area contributed by atoms with E-state index in [9.17, 15) is 0 Å². The quantitative estimate of drug-likeness (QED) is 0.800. The molecule has 3 rings (SSSR count). The fourth-order valence-corrected chi connectivity index (χ4v) is 3.05. The zero-order valence-corrected chi connectivity index (χ0v) is 11.9. The molecule has 2 heterocycles. The van der Waals surface area contributed by atoms with Gasteiger partial charge < -0.3 is 5.32 Å². The minimum absolute atomic E-state index is 0.549. The number of benzene rings is 1. The van der Waals surface area contributed by atoms with Gasteiger partial charge in [-0.15, -0.1) is 17.8 Å². The summed E-state index contributed by atoms with van der Waals surface area (Å²) in [7, 11) is 1.76. The van der Waals surface area contributed by atoms with Crippen LogP contribution in [0, 0.1) is 12.3 Å². The highest BCUT2D eigenvalue weighted by atomic mass is 32.1. The molecule has 3 nitrogen and oxygen atoms in total. The molecule has 1 aliphatic rings. The molecule has 0 saturated carbocycles. The molecule has 4 heteroatoms. The largest absolute Gasteiger partial charge is 0.341 e. The number of nitrogens with one attached hydrogen (secondary N) is 1. The normalized spacial score (nSPS) is 15.8. The predicted octanol–water partition coefficient (Wildman–Crippen LogP) is 3.02. The Kier molecular flexibility index (Phi) is 3.36. The molecule has 0 unspecified atom stereocenters. The van der Waals surface area contributed by atoms with Crippen LogP contribution >= 0.6 is 11.3 Å². The molecule has 0 bridgehead atoms. The van der Waals surface area contributed by atoms with Crippen molar-refractivity contribution in [2.24, 2.45) is 9.98 Å². The predicted molar refractivity (Wildman–Crippen MR) is 86.2 cm³/mol. The maximum Gasteiger partial charge on any atom is 0.122 e. The average molecular weight is 279 g/mol. The van der Waals surface area contributed by atoms with Crippen molar-refractivity contribution in [1.82, 2.24) is 0 Å².